The molecule has 3 nitrogen and oxygen atoms in total. The van der Waals surface area contributed by atoms with E-state index in [2.05, 4.69) is 0 Å². The molecular formula is C22H13Cl2FO3. The van der Waals surface area contributed by atoms with Crippen LogP contribution in [0.5, 0.6) is 11.5 Å². The fourth-order valence-electron chi connectivity index (χ4n) is 2.82. The Morgan fingerprint density at radius 1 is 1.00 bits per heavy atom. The second-order valence-corrected chi connectivity index (χ2v) is 6.92. The zero-order valence-electron chi connectivity index (χ0n) is 14.4. The van der Waals surface area contributed by atoms with Crippen LogP contribution in [0.4, 0.5) is 4.39 Å². The predicted molar refractivity (Wildman–Crippen MR) is 107 cm³/mol. The summed E-state index contributed by atoms with van der Waals surface area (Å²) in [5, 5.41) is 0.811. The van der Waals surface area contributed by atoms with Crippen LogP contribution in [0.1, 0.15) is 21.5 Å². The largest absolute Gasteiger partial charge is 0.489 e. The topological polar surface area (TPSA) is 35.5 Å². The lowest BCUT2D eigenvalue weighted by atomic mass is 10.1. The van der Waals surface area contributed by atoms with Gasteiger partial charge in [-0.1, -0.05) is 47.5 Å². The summed E-state index contributed by atoms with van der Waals surface area (Å²) in [5.41, 5.74) is 1.38. The van der Waals surface area contributed by atoms with Gasteiger partial charge in [-0.05, 0) is 42.0 Å². The van der Waals surface area contributed by atoms with Crippen molar-refractivity contribution in [2.75, 3.05) is 0 Å². The molecule has 0 saturated carbocycles. The van der Waals surface area contributed by atoms with Crippen molar-refractivity contribution in [3.05, 3.63) is 99.0 Å². The molecule has 0 atom stereocenters. The Balaban J connectivity index is 1.55. The fourth-order valence-corrected chi connectivity index (χ4v) is 3.22. The van der Waals surface area contributed by atoms with Crippen molar-refractivity contribution in [1.82, 2.24) is 0 Å². The van der Waals surface area contributed by atoms with Crippen molar-refractivity contribution >= 4 is 35.1 Å². The van der Waals surface area contributed by atoms with E-state index in [1.54, 1.807) is 42.5 Å². The van der Waals surface area contributed by atoms with Gasteiger partial charge in [0, 0.05) is 16.7 Å². The van der Waals surface area contributed by atoms with Gasteiger partial charge in [-0.2, -0.15) is 0 Å². The second-order valence-electron chi connectivity index (χ2n) is 6.11. The van der Waals surface area contributed by atoms with Gasteiger partial charge in [0.15, 0.2) is 5.76 Å². The Morgan fingerprint density at radius 3 is 2.57 bits per heavy atom. The third-order valence-corrected chi connectivity index (χ3v) is 4.98. The number of ketones is 1. The summed E-state index contributed by atoms with van der Waals surface area (Å²) in [7, 11) is 0. The third-order valence-electron chi connectivity index (χ3n) is 4.28. The van der Waals surface area contributed by atoms with Gasteiger partial charge in [-0.25, -0.2) is 4.39 Å². The van der Waals surface area contributed by atoms with Gasteiger partial charge >= 0.3 is 0 Å². The number of Topliss-reactive ketones (excluding diaryl/α,β-unsaturated/α-hetero) is 1. The van der Waals surface area contributed by atoms with Crippen molar-refractivity contribution in [2.24, 2.45) is 0 Å². The summed E-state index contributed by atoms with van der Waals surface area (Å²) in [5.74, 6) is 0.311. The molecule has 1 aliphatic rings. The summed E-state index contributed by atoms with van der Waals surface area (Å²) in [4.78, 5) is 12.5. The lowest BCUT2D eigenvalue weighted by Crippen LogP contribution is -1.99. The summed E-state index contributed by atoms with van der Waals surface area (Å²) in [6, 6.07) is 16.4. The van der Waals surface area contributed by atoms with Gasteiger partial charge in [-0.3, -0.25) is 4.79 Å². The number of ether oxygens (including phenoxy) is 2. The van der Waals surface area contributed by atoms with Crippen LogP contribution >= 0.6 is 23.2 Å². The highest BCUT2D eigenvalue weighted by atomic mass is 35.5. The highest BCUT2D eigenvalue weighted by Crippen LogP contribution is 2.36. The molecule has 3 aromatic carbocycles. The number of allylic oxidation sites excluding steroid dienone is 1. The molecule has 0 N–H and O–H groups in total. The first kappa shape index (κ1) is 18.5. The molecule has 6 heteroatoms. The molecule has 28 heavy (non-hydrogen) atoms. The molecule has 0 bridgehead atoms. The first-order chi connectivity index (χ1) is 13.5. The molecule has 1 heterocycles. The molecule has 0 spiro atoms. The van der Waals surface area contributed by atoms with Crippen LogP contribution in [0, 0.1) is 5.82 Å². The van der Waals surface area contributed by atoms with E-state index >= 15 is 0 Å². The minimum atomic E-state index is -0.440. The highest BCUT2D eigenvalue weighted by molar-refractivity contribution is 6.32. The van der Waals surface area contributed by atoms with Crippen molar-refractivity contribution in [3.8, 4) is 11.5 Å². The van der Waals surface area contributed by atoms with Crippen LogP contribution in [0.15, 0.2) is 66.4 Å². The molecule has 140 valence electrons. The Labute approximate surface area is 170 Å². The molecule has 3 aromatic rings. The van der Waals surface area contributed by atoms with E-state index in [9.17, 15) is 9.18 Å². The van der Waals surface area contributed by atoms with Gasteiger partial charge in [-0.15, -0.1) is 0 Å². The van der Waals surface area contributed by atoms with E-state index in [1.165, 1.54) is 12.1 Å². The van der Waals surface area contributed by atoms with Crippen LogP contribution in [0.3, 0.4) is 0 Å². The number of fused-ring (bicyclic) bond motifs is 1. The van der Waals surface area contributed by atoms with Crippen LogP contribution in [0.2, 0.25) is 10.0 Å². The average molecular weight is 415 g/mol. The van der Waals surface area contributed by atoms with Crippen molar-refractivity contribution in [3.63, 3.8) is 0 Å². The van der Waals surface area contributed by atoms with Gasteiger partial charge in [0.2, 0.25) is 5.78 Å². The molecular weight excluding hydrogens is 402 g/mol. The summed E-state index contributed by atoms with van der Waals surface area (Å²) in [6.45, 7) is -0.0411. The lowest BCUT2D eigenvalue weighted by molar-refractivity contribution is 0.101. The first-order valence-electron chi connectivity index (χ1n) is 8.41. The maximum atomic E-state index is 13.9. The van der Waals surface area contributed by atoms with Gasteiger partial charge in [0.1, 0.15) is 23.9 Å². The van der Waals surface area contributed by atoms with Crippen LogP contribution < -0.4 is 9.47 Å². The normalized spacial score (nSPS) is 14.1. The zero-order chi connectivity index (χ0) is 19.7. The number of benzene rings is 3. The molecule has 4 rings (SSSR count). The molecule has 0 amide bonds. The van der Waals surface area contributed by atoms with Gasteiger partial charge < -0.3 is 9.47 Å². The smallest absolute Gasteiger partial charge is 0.231 e. The summed E-state index contributed by atoms with van der Waals surface area (Å²) >= 11 is 12.1. The maximum Gasteiger partial charge on any atom is 0.231 e. The lowest BCUT2D eigenvalue weighted by Gasteiger charge is -2.09. The minimum Gasteiger partial charge on any atom is -0.489 e. The van der Waals surface area contributed by atoms with E-state index in [0.29, 0.717) is 27.6 Å². The molecule has 0 saturated heterocycles. The second kappa shape index (κ2) is 7.66. The standard InChI is InChI=1S/C22H13Cl2FO3/c23-17-5-2-1-4-13(17)10-21-22(26)15-9-8-14(11-20(15)28-21)27-12-16-18(24)6-3-7-19(16)25/h1-11H,12H2. The Morgan fingerprint density at radius 2 is 1.79 bits per heavy atom. The molecule has 0 radical (unpaired) electrons. The van der Waals surface area contributed by atoms with Crippen LogP contribution in [-0.4, -0.2) is 5.78 Å². The number of hydrogen-bond acceptors (Lipinski definition) is 3. The number of rotatable bonds is 4. The van der Waals surface area contributed by atoms with Crippen molar-refractivity contribution in [1.29, 1.82) is 0 Å². The molecule has 0 unspecified atom stereocenters. The minimum absolute atomic E-state index is 0.0411. The van der Waals surface area contributed by atoms with E-state index in [4.69, 9.17) is 32.7 Å². The Kier molecular flexibility index (Phi) is 5.07. The number of carbonyl (C=O) groups is 1. The quantitative estimate of drug-likeness (QED) is 0.468. The van der Waals surface area contributed by atoms with Gasteiger partial charge in [0.25, 0.3) is 0 Å². The van der Waals surface area contributed by atoms with Crippen LogP contribution in [0.25, 0.3) is 6.08 Å². The van der Waals surface area contributed by atoms with E-state index < -0.39 is 5.82 Å². The summed E-state index contributed by atoms with van der Waals surface area (Å²) in [6.07, 6.45) is 1.60. The number of hydrogen-bond donors (Lipinski definition) is 0. The van der Waals surface area contributed by atoms with Gasteiger partial charge in [0.05, 0.1) is 10.6 Å². The summed E-state index contributed by atoms with van der Waals surface area (Å²) < 4.78 is 25.2. The van der Waals surface area contributed by atoms with E-state index in [0.717, 1.165) is 0 Å². The predicted octanol–water partition coefficient (Wildman–Crippen LogP) is 6.33. The highest BCUT2D eigenvalue weighted by Gasteiger charge is 2.28. The van der Waals surface area contributed by atoms with Crippen molar-refractivity contribution < 1.29 is 18.7 Å². The van der Waals surface area contributed by atoms with Crippen LogP contribution in [-0.2, 0) is 6.61 Å². The molecule has 0 fully saturated rings. The molecule has 0 aliphatic carbocycles. The monoisotopic (exact) mass is 414 g/mol. The van der Waals surface area contributed by atoms with E-state index in [1.807, 2.05) is 12.1 Å². The van der Waals surface area contributed by atoms with E-state index in [-0.39, 0.29) is 28.7 Å². The van der Waals surface area contributed by atoms with Crippen molar-refractivity contribution in [2.45, 2.75) is 6.61 Å². The molecule has 0 aromatic heterocycles. The number of halogens is 3. The number of carbonyl (C=O) groups excluding carboxylic acids is 1. The molecule has 1 aliphatic heterocycles. The SMILES string of the molecule is O=C1C(=Cc2ccccc2Cl)Oc2cc(OCc3c(F)cccc3Cl)ccc21. The first-order valence-corrected chi connectivity index (χ1v) is 9.17. The third kappa shape index (κ3) is 3.61. The Bertz CT molecular complexity index is 1090. The average Bonchev–Trinajstić information content (AvgIpc) is 2.98. The Hall–Kier alpha value is -2.82. The fraction of sp³-hybridized carbons (Fsp3) is 0.0455. The zero-order valence-corrected chi connectivity index (χ0v) is 15.9. The maximum absolute atomic E-state index is 13.9.